The van der Waals surface area contributed by atoms with Crippen LogP contribution in [0.3, 0.4) is 0 Å². The minimum atomic E-state index is -0.0277. The Balaban J connectivity index is 1.40. The number of fused-ring (bicyclic) bond motifs is 2. The standard InChI is InChI=1S/C30H31ClN6O3/c1-3-25(38)19-7-5-15-37(16-13-19)29-21-9-4-10-26(40-28-22-17-32-35-24(22)12-11-23(28)31)27(21)33-30(34-29)39-18-20-8-6-14-36(20)2/h3-4,7,9-12,17,20H,1,5-6,8,13-16,18H2,2H3,(H,32,35)/t20-/m0/s1. The summed E-state index contributed by atoms with van der Waals surface area (Å²) < 4.78 is 12.7. The Bertz CT molecular complexity index is 1620. The Labute approximate surface area is 237 Å². The molecule has 1 atom stereocenters. The summed E-state index contributed by atoms with van der Waals surface area (Å²) in [7, 11) is 2.12. The maximum Gasteiger partial charge on any atom is 0.319 e. The zero-order valence-electron chi connectivity index (χ0n) is 22.4. The van der Waals surface area contributed by atoms with E-state index in [9.17, 15) is 4.79 Å². The second-order valence-corrected chi connectivity index (χ2v) is 10.6. The number of para-hydroxylation sites is 1. The van der Waals surface area contributed by atoms with E-state index in [-0.39, 0.29) is 5.78 Å². The van der Waals surface area contributed by atoms with Crippen LogP contribution >= 0.6 is 11.6 Å². The lowest BCUT2D eigenvalue weighted by molar-refractivity contribution is -0.111. The number of ketones is 1. The van der Waals surface area contributed by atoms with E-state index < -0.39 is 0 Å². The fourth-order valence-corrected chi connectivity index (χ4v) is 5.65. The average molecular weight is 559 g/mol. The first-order valence-corrected chi connectivity index (χ1v) is 13.9. The number of aromatic amines is 1. The van der Waals surface area contributed by atoms with E-state index in [4.69, 9.17) is 31.0 Å². The monoisotopic (exact) mass is 558 g/mol. The van der Waals surface area contributed by atoms with Gasteiger partial charge in [0.2, 0.25) is 0 Å². The van der Waals surface area contributed by atoms with E-state index in [1.807, 2.05) is 30.3 Å². The van der Waals surface area contributed by atoms with Gasteiger partial charge in [-0.05, 0) is 75.2 Å². The highest BCUT2D eigenvalue weighted by Gasteiger charge is 2.24. The van der Waals surface area contributed by atoms with Gasteiger partial charge in [0.15, 0.2) is 17.3 Å². The van der Waals surface area contributed by atoms with Crippen molar-refractivity contribution in [2.75, 3.05) is 38.2 Å². The number of ether oxygens (including phenoxy) is 2. The van der Waals surface area contributed by atoms with E-state index in [0.29, 0.717) is 60.2 Å². The summed E-state index contributed by atoms with van der Waals surface area (Å²) in [5, 5.41) is 9.18. The van der Waals surface area contributed by atoms with Crippen molar-refractivity contribution >= 4 is 45.0 Å². The Hall–Kier alpha value is -3.95. The molecule has 4 heterocycles. The van der Waals surface area contributed by atoms with Crippen molar-refractivity contribution in [2.45, 2.75) is 31.7 Å². The quantitative estimate of drug-likeness (QED) is 0.275. The topological polar surface area (TPSA) is 96.5 Å². The second-order valence-electron chi connectivity index (χ2n) is 10.2. The van der Waals surface area contributed by atoms with E-state index >= 15 is 0 Å². The van der Waals surface area contributed by atoms with Crippen LogP contribution < -0.4 is 14.4 Å². The molecule has 0 amide bonds. The smallest absolute Gasteiger partial charge is 0.319 e. The molecular formula is C30H31ClN6O3. The molecular weight excluding hydrogens is 528 g/mol. The number of likely N-dealkylation sites (N-methyl/N-ethyl adjacent to an activating group) is 1. The molecule has 1 fully saturated rings. The highest BCUT2D eigenvalue weighted by molar-refractivity contribution is 6.33. The summed E-state index contributed by atoms with van der Waals surface area (Å²) in [5.41, 5.74) is 2.23. The van der Waals surface area contributed by atoms with Gasteiger partial charge < -0.3 is 19.3 Å². The van der Waals surface area contributed by atoms with Crippen LogP contribution in [0, 0.1) is 0 Å². The summed E-state index contributed by atoms with van der Waals surface area (Å²) in [6.07, 6.45) is 8.63. The number of likely N-dealkylation sites (tertiary alicyclic amines) is 1. The maximum atomic E-state index is 12.3. The number of rotatable bonds is 8. The van der Waals surface area contributed by atoms with Crippen LogP contribution in [0.15, 0.2) is 60.8 Å². The van der Waals surface area contributed by atoms with Crippen molar-refractivity contribution in [3.8, 4) is 17.5 Å². The molecule has 10 heteroatoms. The van der Waals surface area contributed by atoms with Crippen LogP contribution in [0.25, 0.3) is 21.8 Å². The third-order valence-electron chi connectivity index (χ3n) is 7.71. The molecule has 2 aromatic heterocycles. The van der Waals surface area contributed by atoms with Crippen LogP contribution in [0.4, 0.5) is 5.82 Å². The number of hydrogen-bond acceptors (Lipinski definition) is 8. The molecule has 206 valence electrons. The molecule has 9 nitrogen and oxygen atoms in total. The molecule has 0 saturated carbocycles. The number of allylic oxidation sites excluding steroid dienone is 1. The largest absolute Gasteiger partial charge is 0.462 e. The molecule has 0 radical (unpaired) electrons. The normalized spacial score (nSPS) is 18.1. The number of H-pyrrole nitrogens is 1. The van der Waals surface area contributed by atoms with E-state index in [1.54, 1.807) is 12.3 Å². The molecule has 2 aliphatic rings. The van der Waals surface area contributed by atoms with E-state index in [0.717, 1.165) is 53.5 Å². The lowest BCUT2D eigenvalue weighted by Crippen LogP contribution is -2.31. The van der Waals surface area contributed by atoms with E-state index in [2.05, 4.69) is 33.6 Å². The fourth-order valence-electron chi connectivity index (χ4n) is 5.45. The van der Waals surface area contributed by atoms with E-state index in [1.165, 1.54) is 6.08 Å². The minimum absolute atomic E-state index is 0.0277. The Morgan fingerprint density at radius 1 is 1.20 bits per heavy atom. The van der Waals surface area contributed by atoms with Crippen molar-refractivity contribution in [3.05, 3.63) is 65.9 Å². The number of halogens is 1. The van der Waals surface area contributed by atoms with Gasteiger partial charge in [-0.25, -0.2) is 0 Å². The molecule has 2 aromatic carbocycles. The molecule has 6 rings (SSSR count). The van der Waals surface area contributed by atoms with Crippen LogP contribution in [-0.4, -0.2) is 70.2 Å². The molecule has 2 aliphatic heterocycles. The third kappa shape index (κ3) is 5.14. The van der Waals surface area contributed by atoms with Crippen LogP contribution in [0.1, 0.15) is 25.7 Å². The van der Waals surface area contributed by atoms with Crippen molar-refractivity contribution in [2.24, 2.45) is 0 Å². The van der Waals surface area contributed by atoms with Crippen LogP contribution in [-0.2, 0) is 4.79 Å². The molecule has 0 aliphatic carbocycles. The summed E-state index contributed by atoms with van der Waals surface area (Å²) in [6, 6.07) is 10.0. The first-order chi connectivity index (χ1) is 19.5. The number of hydrogen-bond donors (Lipinski definition) is 1. The maximum absolute atomic E-state index is 12.3. The average Bonchev–Trinajstić information content (AvgIpc) is 3.54. The number of carbonyl (C=O) groups excluding carboxylic acids is 1. The van der Waals surface area contributed by atoms with Gasteiger partial charge in [-0.3, -0.25) is 9.89 Å². The number of benzene rings is 2. The van der Waals surface area contributed by atoms with Crippen LogP contribution in [0.2, 0.25) is 5.02 Å². The van der Waals surface area contributed by atoms with Gasteiger partial charge in [-0.15, -0.1) is 0 Å². The lowest BCUT2D eigenvalue weighted by atomic mass is 10.1. The fraction of sp³-hybridized carbons (Fsp3) is 0.333. The van der Waals surface area contributed by atoms with Gasteiger partial charge in [0.1, 0.15) is 17.9 Å². The van der Waals surface area contributed by atoms with Gasteiger partial charge in [0, 0.05) is 24.5 Å². The third-order valence-corrected chi connectivity index (χ3v) is 8.00. The highest BCUT2D eigenvalue weighted by atomic mass is 35.5. The van der Waals surface area contributed by atoms with Crippen molar-refractivity contribution in [3.63, 3.8) is 0 Å². The Morgan fingerprint density at radius 3 is 2.92 bits per heavy atom. The molecule has 0 bridgehead atoms. The summed E-state index contributed by atoms with van der Waals surface area (Å²) in [6.45, 7) is 6.55. The summed E-state index contributed by atoms with van der Waals surface area (Å²) >= 11 is 6.57. The first-order valence-electron chi connectivity index (χ1n) is 13.6. The van der Waals surface area contributed by atoms with Gasteiger partial charge in [-0.1, -0.05) is 30.3 Å². The number of carbonyl (C=O) groups is 1. The zero-order chi connectivity index (χ0) is 27.6. The van der Waals surface area contributed by atoms with Gasteiger partial charge in [-0.2, -0.15) is 15.1 Å². The Kier molecular flexibility index (Phi) is 7.40. The van der Waals surface area contributed by atoms with Crippen molar-refractivity contribution < 1.29 is 14.3 Å². The molecule has 40 heavy (non-hydrogen) atoms. The minimum Gasteiger partial charge on any atom is -0.462 e. The number of nitrogens with one attached hydrogen (secondary N) is 1. The second kappa shape index (κ2) is 11.3. The number of nitrogens with zero attached hydrogens (tertiary/aromatic N) is 5. The lowest BCUT2D eigenvalue weighted by Gasteiger charge is -2.24. The van der Waals surface area contributed by atoms with Crippen LogP contribution in [0.5, 0.6) is 17.5 Å². The Morgan fingerprint density at radius 2 is 2.10 bits per heavy atom. The molecule has 4 aromatic rings. The SMILES string of the molecule is C=CC(=O)C1=CCCN(c2nc(OC[C@@H]3CCCN3C)nc3c(Oc4c(Cl)ccc5[nH]ncc45)cccc23)CC1. The first kappa shape index (κ1) is 26.3. The zero-order valence-corrected chi connectivity index (χ0v) is 23.2. The summed E-state index contributed by atoms with van der Waals surface area (Å²) in [4.78, 5) is 26.5. The molecule has 1 N–H and O–H groups in total. The molecule has 0 unspecified atom stereocenters. The predicted octanol–water partition coefficient (Wildman–Crippen LogP) is 5.71. The van der Waals surface area contributed by atoms with Gasteiger partial charge in [0.25, 0.3) is 0 Å². The number of aromatic nitrogens is 4. The van der Waals surface area contributed by atoms with Gasteiger partial charge in [0.05, 0.1) is 22.1 Å². The highest BCUT2D eigenvalue weighted by Crippen LogP contribution is 2.40. The number of anilines is 1. The molecule has 1 saturated heterocycles. The predicted molar refractivity (Wildman–Crippen MR) is 157 cm³/mol. The van der Waals surface area contributed by atoms with Gasteiger partial charge >= 0.3 is 6.01 Å². The molecule has 0 spiro atoms. The van der Waals surface area contributed by atoms with Crippen molar-refractivity contribution in [1.29, 1.82) is 0 Å². The van der Waals surface area contributed by atoms with Crippen molar-refractivity contribution in [1.82, 2.24) is 25.1 Å². The summed E-state index contributed by atoms with van der Waals surface area (Å²) in [5.74, 6) is 1.76.